The summed E-state index contributed by atoms with van der Waals surface area (Å²) in [6.07, 6.45) is 0. The number of hydrogen-bond donors (Lipinski definition) is 0. The van der Waals surface area contributed by atoms with Gasteiger partial charge in [-0.15, -0.1) is 0 Å². The van der Waals surface area contributed by atoms with E-state index in [1.807, 2.05) is 0 Å². The second-order valence-electron chi connectivity index (χ2n) is 4.31. The van der Waals surface area contributed by atoms with Gasteiger partial charge in [0.25, 0.3) is 0 Å². The van der Waals surface area contributed by atoms with Crippen molar-refractivity contribution in [3.05, 3.63) is 65.9 Å². The Bertz CT molecular complexity index is 601. The van der Waals surface area contributed by atoms with Crippen LogP contribution in [0.4, 0.5) is 0 Å². The number of aryl methyl sites for hydroxylation is 4. The van der Waals surface area contributed by atoms with Gasteiger partial charge in [-0.25, -0.2) is 0 Å². The molecule has 1 radical (unpaired) electrons. The van der Waals surface area contributed by atoms with Crippen molar-refractivity contribution in [1.29, 1.82) is 0 Å². The van der Waals surface area contributed by atoms with E-state index in [1.54, 1.807) is 0 Å². The fourth-order valence-electron chi connectivity index (χ4n) is 1.53. The predicted molar refractivity (Wildman–Crippen MR) is 87.6 cm³/mol. The van der Waals surface area contributed by atoms with E-state index in [1.165, 1.54) is 49.2 Å². The molecule has 0 aliphatic carbocycles. The average molecular weight is 385 g/mol. The summed E-state index contributed by atoms with van der Waals surface area (Å²) >= 11 is 0. The van der Waals surface area contributed by atoms with Crippen molar-refractivity contribution in [3.63, 3.8) is 0 Å². The first-order chi connectivity index (χ1) is 10.6. The van der Waals surface area contributed by atoms with E-state index in [4.69, 9.17) is 14.0 Å². The number of rotatable bonds is 1. The van der Waals surface area contributed by atoms with Crippen LogP contribution in [0.25, 0.3) is 10.6 Å². The SMILES string of the molecule is Cc1cpc(-c2cc(C)c(C)cp2)cc1C.[C-]#[O+].[C-]#[O+].[C-]#[O+].[Mn]. The smallest absolute Gasteiger partial charge is 0 e. The van der Waals surface area contributed by atoms with Gasteiger partial charge in [0.15, 0.2) is 0 Å². The zero-order chi connectivity index (χ0) is 17.7. The normalized spacial score (nSPS) is 8.26. The van der Waals surface area contributed by atoms with Crippen LogP contribution in [-0.4, -0.2) is 0 Å². The van der Waals surface area contributed by atoms with Crippen molar-refractivity contribution in [2.75, 3.05) is 0 Å². The number of hydrogen-bond acceptors (Lipinski definition) is 0. The van der Waals surface area contributed by atoms with Crippen LogP contribution in [0.5, 0.6) is 0 Å². The van der Waals surface area contributed by atoms with Crippen LogP contribution in [0.15, 0.2) is 23.7 Å². The Balaban J connectivity index is -0.000000514. The summed E-state index contributed by atoms with van der Waals surface area (Å²) in [7, 11) is 2.68. The first-order valence-corrected chi connectivity index (χ1v) is 7.99. The standard InChI is InChI=1S/C14H16P2.3CO.Mn/c1-9-5-13(15-7-11(9)3)14-6-10(2)12(4)8-16-14;3*1-2;/h5-8H,1-4H3;;;;. The Morgan fingerprint density at radius 2 is 0.870 bits per heavy atom. The molecule has 0 fully saturated rings. The first-order valence-electron chi connectivity index (χ1n) is 6.06. The van der Waals surface area contributed by atoms with Crippen molar-refractivity contribution in [1.82, 2.24) is 0 Å². The van der Waals surface area contributed by atoms with E-state index in [0.717, 1.165) is 0 Å². The van der Waals surface area contributed by atoms with Crippen LogP contribution in [0.3, 0.4) is 0 Å². The molecule has 3 nitrogen and oxygen atoms in total. The summed E-state index contributed by atoms with van der Waals surface area (Å²) in [5.41, 5.74) is 5.61. The van der Waals surface area contributed by atoms with Gasteiger partial charge in [-0.2, -0.15) is 0 Å². The second-order valence-corrected chi connectivity index (χ2v) is 6.30. The van der Waals surface area contributed by atoms with Gasteiger partial charge in [0.2, 0.25) is 0 Å². The Hall–Kier alpha value is -0.961. The van der Waals surface area contributed by atoms with Crippen LogP contribution >= 0.6 is 16.4 Å². The molecule has 0 bridgehead atoms. The molecule has 23 heavy (non-hydrogen) atoms. The van der Waals surface area contributed by atoms with Gasteiger partial charge in [0.1, 0.15) is 0 Å². The van der Waals surface area contributed by atoms with Gasteiger partial charge in [-0.05, 0) is 73.7 Å². The Labute approximate surface area is 151 Å². The van der Waals surface area contributed by atoms with E-state index in [2.05, 4.69) is 71.4 Å². The minimum absolute atomic E-state index is 0. The molecule has 0 spiro atoms. The maximum atomic E-state index is 7.50. The van der Waals surface area contributed by atoms with Crippen LogP contribution in [0.1, 0.15) is 22.3 Å². The Kier molecular flexibility index (Phi) is 18.6. The third-order valence-electron chi connectivity index (χ3n) is 3.01. The summed E-state index contributed by atoms with van der Waals surface area (Å²) < 4.78 is 22.5. The van der Waals surface area contributed by atoms with Crippen molar-refractivity contribution in [3.8, 4) is 10.6 Å². The molecule has 2 aromatic rings. The molecule has 2 rings (SSSR count). The van der Waals surface area contributed by atoms with Crippen LogP contribution in [-0.2, 0) is 31.0 Å². The molecule has 0 aromatic carbocycles. The van der Waals surface area contributed by atoms with E-state index >= 15 is 0 Å². The van der Waals surface area contributed by atoms with Crippen molar-refractivity contribution < 1.29 is 31.0 Å². The summed E-state index contributed by atoms with van der Waals surface area (Å²) in [5, 5.41) is 2.90. The van der Waals surface area contributed by atoms with Crippen molar-refractivity contribution >= 4 is 16.4 Å². The molecule has 0 N–H and O–H groups in total. The zero-order valence-electron chi connectivity index (χ0n) is 13.3. The Morgan fingerprint density at radius 1 is 0.609 bits per heavy atom. The van der Waals surface area contributed by atoms with Crippen molar-refractivity contribution in [2.24, 2.45) is 0 Å². The molecular formula is C17H16MnO3P2. The first kappa shape index (κ1) is 26.9. The minimum Gasteiger partial charge on any atom is 0 e. The fourth-order valence-corrected chi connectivity index (χ4v) is 3.88. The molecule has 0 unspecified atom stereocenters. The quantitative estimate of drug-likeness (QED) is 0.347. The average Bonchev–Trinajstić information content (AvgIpc) is 2.58. The summed E-state index contributed by atoms with van der Waals surface area (Å²) in [6.45, 7) is 22.3. The van der Waals surface area contributed by atoms with Gasteiger partial charge in [0.05, 0.1) is 0 Å². The van der Waals surface area contributed by atoms with Gasteiger partial charge in [-0.3, -0.25) is 0 Å². The molecule has 6 heteroatoms. The van der Waals surface area contributed by atoms with Gasteiger partial charge in [0, 0.05) is 27.7 Å². The fraction of sp³-hybridized carbons (Fsp3) is 0.235. The minimum atomic E-state index is 0. The third kappa shape index (κ3) is 9.04. The van der Waals surface area contributed by atoms with E-state index in [-0.39, 0.29) is 17.1 Å². The molecule has 0 aliphatic heterocycles. The van der Waals surface area contributed by atoms with Crippen LogP contribution < -0.4 is 0 Å². The molecule has 0 saturated carbocycles. The maximum Gasteiger partial charge on any atom is 0 e. The monoisotopic (exact) mass is 385 g/mol. The topological polar surface area (TPSA) is 59.7 Å². The summed E-state index contributed by atoms with van der Waals surface area (Å²) in [6, 6.07) is 4.66. The molecule has 0 atom stereocenters. The molecule has 2 heterocycles. The molecule has 0 aliphatic rings. The largest absolute Gasteiger partial charge is 0 e. The molecule has 2 aromatic heterocycles. The predicted octanol–water partition coefficient (Wildman–Crippen LogP) is 5.63. The van der Waals surface area contributed by atoms with E-state index in [0.29, 0.717) is 0 Å². The van der Waals surface area contributed by atoms with Crippen molar-refractivity contribution in [2.45, 2.75) is 27.7 Å². The van der Waals surface area contributed by atoms with Crippen LogP contribution in [0.2, 0.25) is 0 Å². The molecule has 119 valence electrons. The third-order valence-corrected chi connectivity index (χ3v) is 5.51. The zero-order valence-corrected chi connectivity index (χ0v) is 16.3. The molecule has 0 amide bonds. The Morgan fingerprint density at radius 3 is 1.09 bits per heavy atom. The van der Waals surface area contributed by atoms with Gasteiger partial charge < -0.3 is 0 Å². The van der Waals surface area contributed by atoms with E-state index in [9.17, 15) is 0 Å². The molecular weight excluding hydrogens is 369 g/mol. The molecule has 0 saturated heterocycles. The van der Waals surface area contributed by atoms with Gasteiger partial charge >= 0.3 is 33.9 Å². The van der Waals surface area contributed by atoms with Crippen LogP contribution in [0, 0.1) is 47.6 Å². The summed E-state index contributed by atoms with van der Waals surface area (Å²) in [5.74, 6) is 4.61. The summed E-state index contributed by atoms with van der Waals surface area (Å²) in [4.78, 5) is 0. The van der Waals surface area contributed by atoms with Gasteiger partial charge in [-0.1, -0.05) is 16.4 Å². The van der Waals surface area contributed by atoms with E-state index < -0.39 is 0 Å². The second kappa shape index (κ2) is 15.9. The maximum absolute atomic E-state index is 7.50.